The number of thiophene rings is 1. The Hall–Kier alpha value is -3.11. The minimum atomic E-state index is 0.0501. The van der Waals surface area contributed by atoms with Crippen LogP contribution >= 0.6 is 11.3 Å². The lowest BCUT2D eigenvalue weighted by Gasteiger charge is -2.09. The van der Waals surface area contributed by atoms with Crippen LogP contribution < -0.4 is 0 Å². The standard InChI is InChI=1S/C21H12N2OS/c24-21-14-7-2-1-6-13(14)20-19(21)15(18-9-5-11-25-18)12-17(23-20)16-8-3-4-10-22-16/h1-12H. The van der Waals surface area contributed by atoms with Crippen LogP contribution in [0.4, 0.5) is 0 Å². The summed E-state index contributed by atoms with van der Waals surface area (Å²) in [5.41, 5.74) is 5.60. The highest BCUT2D eigenvalue weighted by Crippen LogP contribution is 2.42. The van der Waals surface area contributed by atoms with Crippen LogP contribution in [0.3, 0.4) is 0 Å². The van der Waals surface area contributed by atoms with E-state index >= 15 is 0 Å². The number of fused-ring (bicyclic) bond motifs is 3. The van der Waals surface area contributed by atoms with Gasteiger partial charge in [0.05, 0.1) is 22.6 Å². The molecule has 0 unspecified atom stereocenters. The number of carbonyl (C=O) groups is 1. The van der Waals surface area contributed by atoms with Gasteiger partial charge in [0.15, 0.2) is 5.78 Å². The summed E-state index contributed by atoms with van der Waals surface area (Å²) >= 11 is 1.63. The Morgan fingerprint density at radius 1 is 0.800 bits per heavy atom. The molecule has 0 fully saturated rings. The first-order chi connectivity index (χ1) is 12.3. The maximum atomic E-state index is 13.0. The maximum Gasteiger partial charge on any atom is 0.196 e. The summed E-state index contributed by atoms with van der Waals surface area (Å²) < 4.78 is 0. The number of nitrogens with zero attached hydrogens (tertiary/aromatic N) is 2. The fourth-order valence-corrected chi connectivity index (χ4v) is 4.01. The third-order valence-electron chi connectivity index (χ3n) is 4.39. The van der Waals surface area contributed by atoms with E-state index in [2.05, 4.69) is 4.98 Å². The Balaban J connectivity index is 1.85. The van der Waals surface area contributed by atoms with Gasteiger partial charge in [0, 0.05) is 27.8 Å². The van der Waals surface area contributed by atoms with Crippen molar-refractivity contribution in [1.29, 1.82) is 0 Å². The third-order valence-corrected chi connectivity index (χ3v) is 5.29. The summed E-state index contributed by atoms with van der Waals surface area (Å²) in [4.78, 5) is 23.3. The molecule has 0 atom stereocenters. The van der Waals surface area contributed by atoms with Gasteiger partial charge >= 0.3 is 0 Å². The Bertz CT molecular complexity index is 1100. The van der Waals surface area contributed by atoms with Crippen molar-refractivity contribution in [1.82, 2.24) is 9.97 Å². The number of hydrogen-bond acceptors (Lipinski definition) is 4. The number of benzene rings is 1. The molecule has 0 aliphatic heterocycles. The van der Waals surface area contributed by atoms with E-state index < -0.39 is 0 Å². The largest absolute Gasteiger partial charge is 0.288 e. The summed E-state index contributed by atoms with van der Waals surface area (Å²) in [7, 11) is 0. The van der Waals surface area contributed by atoms with Crippen LogP contribution in [0.25, 0.3) is 33.1 Å². The topological polar surface area (TPSA) is 42.9 Å². The number of ketones is 1. The molecule has 0 bridgehead atoms. The Morgan fingerprint density at radius 2 is 1.64 bits per heavy atom. The predicted octanol–water partition coefficient (Wildman–Crippen LogP) is 5.08. The lowest BCUT2D eigenvalue weighted by Crippen LogP contribution is -2.00. The van der Waals surface area contributed by atoms with Crippen molar-refractivity contribution in [3.63, 3.8) is 0 Å². The summed E-state index contributed by atoms with van der Waals surface area (Å²) in [6, 6.07) is 19.5. The van der Waals surface area contributed by atoms with E-state index in [1.54, 1.807) is 17.5 Å². The first-order valence-electron chi connectivity index (χ1n) is 7.97. The molecule has 1 aliphatic rings. The SMILES string of the molecule is O=C1c2ccccc2-c2nc(-c3ccccn3)cc(-c3cccs3)c21. The zero-order valence-corrected chi connectivity index (χ0v) is 14.0. The maximum absolute atomic E-state index is 13.0. The van der Waals surface area contributed by atoms with E-state index in [4.69, 9.17) is 4.98 Å². The van der Waals surface area contributed by atoms with Crippen molar-refractivity contribution in [3.05, 3.63) is 83.4 Å². The third kappa shape index (κ3) is 2.15. The van der Waals surface area contributed by atoms with Crippen LogP contribution in [-0.4, -0.2) is 15.8 Å². The molecule has 118 valence electrons. The molecule has 0 spiro atoms. The zero-order chi connectivity index (χ0) is 16.8. The molecule has 3 aromatic heterocycles. The van der Waals surface area contributed by atoms with Gasteiger partial charge in [0.2, 0.25) is 0 Å². The molecule has 1 aromatic carbocycles. The molecule has 4 heteroatoms. The molecule has 0 saturated carbocycles. The number of hydrogen-bond donors (Lipinski definition) is 0. The first kappa shape index (κ1) is 14.3. The first-order valence-corrected chi connectivity index (χ1v) is 8.85. The molecule has 0 N–H and O–H groups in total. The highest BCUT2D eigenvalue weighted by atomic mass is 32.1. The van der Waals surface area contributed by atoms with Crippen LogP contribution in [-0.2, 0) is 0 Å². The molecule has 5 rings (SSSR count). The number of carbonyl (C=O) groups excluding carboxylic acids is 1. The van der Waals surface area contributed by atoms with Crippen LogP contribution in [0.2, 0.25) is 0 Å². The van der Waals surface area contributed by atoms with Crippen LogP contribution in [0, 0.1) is 0 Å². The Morgan fingerprint density at radius 3 is 2.40 bits per heavy atom. The van der Waals surface area contributed by atoms with Gasteiger partial charge in [0.25, 0.3) is 0 Å². The van der Waals surface area contributed by atoms with Gasteiger partial charge in [-0.15, -0.1) is 11.3 Å². The van der Waals surface area contributed by atoms with Crippen molar-refractivity contribution in [2.45, 2.75) is 0 Å². The van der Waals surface area contributed by atoms with E-state index in [-0.39, 0.29) is 5.78 Å². The molecule has 0 radical (unpaired) electrons. The average molecular weight is 340 g/mol. The molecule has 0 amide bonds. The average Bonchev–Trinajstić information content (AvgIpc) is 3.30. The van der Waals surface area contributed by atoms with E-state index in [1.807, 2.05) is 66.0 Å². The summed E-state index contributed by atoms with van der Waals surface area (Å²) in [6.45, 7) is 0. The van der Waals surface area contributed by atoms with Crippen LogP contribution in [0.1, 0.15) is 15.9 Å². The Kier molecular flexibility index (Phi) is 3.11. The van der Waals surface area contributed by atoms with Crippen molar-refractivity contribution < 1.29 is 4.79 Å². The molecule has 0 saturated heterocycles. The second-order valence-electron chi connectivity index (χ2n) is 5.85. The molecule has 25 heavy (non-hydrogen) atoms. The van der Waals surface area contributed by atoms with Gasteiger partial charge in [-0.1, -0.05) is 36.4 Å². The number of rotatable bonds is 2. The fraction of sp³-hybridized carbons (Fsp3) is 0. The minimum absolute atomic E-state index is 0.0501. The molecule has 3 heterocycles. The molecular weight excluding hydrogens is 328 g/mol. The highest BCUT2D eigenvalue weighted by Gasteiger charge is 2.31. The van der Waals surface area contributed by atoms with Gasteiger partial charge in [-0.3, -0.25) is 9.78 Å². The molecule has 1 aliphatic carbocycles. The minimum Gasteiger partial charge on any atom is -0.288 e. The predicted molar refractivity (Wildman–Crippen MR) is 99.6 cm³/mol. The van der Waals surface area contributed by atoms with E-state index in [1.165, 1.54) is 0 Å². The molecule has 4 aromatic rings. The van der Waals surface area contributed by atoms with Crippen molar-refractivity contribution in [3.8, 4) is 33.1 Å². The van der Waals surface area contributed by atoms with Crippen molar-refractivity contribution in [2.24, 2.45) is 0 Å². The zero-order valence-electron chi connectivity index (χ0n) is 13.1. The second kappa shape index (κ2) is 5.46. The van der Waals surface area contributed by atoms with Crippen molar-refractivity contribution in [2.75, 3.05) is 0 Å². The molecular formula is C21H12N2OS. The van der Waals surface area contributed by atoms with Gasteiger partial charge in [-0.2, -0.15) is 0 Å². The summed E-state index contributed by atoms with van der Waals surface area (Å²) in [6.07, 6.45) is 1.76. The van der Waals surface area contributed by atoms with Gasteiger partial charge in [0.1, 0.15) is 0 Å². The monoisotopic (exact) mass is 340 g/mol. The van der Waals surface area contributed by atoms with E-state index in [9.17, 15) is 4.79 Å². The van der Waals surface area contributed by atoms with Crippen LogP contribution in [0.5, 0.6) is 0 Å². The number of pyridine rings is 2. The smallest absolute Gasteiger partial charge is 0.196 e. The highest BCUT2D eigenvalue weighted by molar-refractivity contribution is 7.13. The quantitative estimate of drug-likeness (QED) is 0.450. The second-order valence-corrected chi connectivity index (χ2v) is 6.79. The summed E-state index contributed by atoms with van der Waals surface area (Å²) in [5, 5.41) is 2.02. The lowest BCUT2D eigenvalue weighted by molar-refractivity contribution is 0.104. The molecule has 3 nitrogen and oxygen atoms in total. The van der Waals surface area contributed by atoms with Gasteiger partial charge in [-0.05, 0) is 29.6 Å². The van der Waals surface area contributed by atoms with Gasteiger partial charge < -0.3 is 0 Å². The fourth-order valence-electron chi connectivity index (χ4n) is 3.26. The lowest BCUT2D eigenvalue weighted by atomic mass is 10.0. The normalized spacial score (nSPS) is 12.1. The van der Waals surface area contributed by atoms with E-state index in [0.29, 0.717) is 5.56 Å². The van der Waals surface area contributed by atoms with Crippen LogP contribution in [0.15, 0.2) is 72.2 Å². The Labute approximate surface area is 148 Å². The van der Waals surface area contributed by atoms with E-state index in [0.717, 1.165) is 38.6 Å². The summed E-state index contributed by atoms with van der Waals surface area (Å²) in [5.74, 6) is 0.0501. The number of aromatic nitrogens is 2. The van der Waals surface area contributed by atoms with Gasteiger partial charge in [-0.25, -0.2) is 4.98 Å². The van der Waals surface area contributed by atoms with Crippen molar-refractivity contribution >= 4 is 17.1 Å².